The SMILES string of the molecule is CCn1nc(C)c2nc(CCl)n(C3CCN(C)C3)c21. The molecule has 0 bridgehead atoms. The summed E-state index contributed by atoms with van der Waals surface area (Å²) in [6.45, 7) is 7.18. The van der Waals surface area contributed by atoms with Crippen LogP contribution >= 0.6 is 11.6 Å². The summed E-state index contributed by atoms with van der Waals surface area (Å²) in [5, 5.41) is 4.57. The largest absolute Gasteiger partial charge is 0.307 e. The monoisotopic (exact) mass is 281 g/mol. The lowest BCUT2D eigenvalue weighted by molar-refractivity contribution is 0.391. The first kappa shape index (κ1) is 12.9. The molecule has 1 aliphatic rings. The molecule has 104 valence electrons. The molecular weight excluding hydrogens is 262 g/mol. The van der Waals surface area contributed by atoms with Gasteiger partial charge in [-0.3, -0.25) is 0 Å². The number of hydrogen-bond donors (Lipinski definition) is 0. The van der Waals surface area contributed by atoms with Gasteiger partial charge >= 0.3 is 0 Å². The smallest absolute Gasteiger partial charge is 0.159 e. The van der Waals surface area contributed by atoms with Crippen LogP contribution in [-0.4, -0.2) is 44.4 Å². The van der Waals surface area contributed by atoms with Gasteiger partial charge in [0.1, 0.15) is 11.3 Å². The van der Waals surface area contributed by atoms with Crippen molar-refractivity contribution >= 4 is 22.8 Å². The van der Waals surface area contributed by atoms with E-state index in [-0.39, 0.29) is 0 Å². The van der Waals surface area contributed by atoms with E-state index in [0.717, 1.165) is 48.7 Å². The summed E-state index contributed by atoms with van der Waals surface area (Å²) in [6, 6.07) is 0.463. The molecule has 0 N–H and O–H groups in total. The Kier molecular flexibility index (Phi) is 3.27. The molecule has 1 atom stereocenters. The number of fused-ring (bicyclic) bond motifs is 1. The summed E-state index contributed by atoms with van der Waals surface area (Å²) in [7, 11) is 2.16. The minimum absolute atomic E-state index is 0.456. The minimum Gasteiger partial charge on any atom is -0.307 e. The Hall–Kier alpha value is -1.07. The van der Waals surface area contributed by atoms with Crippen molar-refractivity contribution in [1.29, 1.82) is 0 Å². The number of nitrogens with zero attached hydrogens (tertiary/aromatic N) is 5. The van der Waals surface area contributed by atoms with Crippen LogP contribution in [0.25, 0.3) is 11.2 Å². The third-order valence-electron chi connectivity index (χ3n) is 3.97. The highest BCUT2D eigenvalue weighted by Crippen LogP contribution is 2.29. The fourth-order valence-corrected chi connectivity index (χ4v) is 3.24. The Balaban J connectivity index is 2.19. The number of hydrogen-bond acceptors (Lipinski definition) is 3. The number of likely N-dealkylation sites (tertiary alicyclic amines) is 1. The van der Waals surface area contributed by atoms with Gasteiger partial charge in [0.15, 0.2) is 5.65 Å². The predicted octanol–water partition coefficient (Wildman–Crippen LogP) is 2.18. The first-order valence-electron chi connectivity index (χ1n) is 6.84. The van der Waals surface area contributed by atoms with Gasteiger partial charge in [-0.25, -0.2) is 9.67 Å². The van der Waals surface area contributed by atoms with E-state index in [9.17, 15) is 0 Å². The number of imidazole rings is 1. The summed E-state index contributed by atoms with van der Waals surface area (Å²) in [4.78, 5) is 7.05. The fraction of sp³-hybridized carbons (Fsp3) is 0.692. The number of aryl methyl sites for hydroxylation is 2. The molecule has 2 aromatic rings. The first-order chi connectivity index (χ1) is 9.15. The average Bonchev–Trinajstić information content (AvgIpc) is 3.04. The standard InChI is InChI=1S/C13H20ClN5/c1-4-18-13-12(9(2)16-18)15-11(7-14)19(13)10-5-6-17(3)8-10/h10H,4-8H2,1-3H3. The maximum Gasteiger partial charge on any atom is 0.159 e. The summed E-state index contributed by atoms with van der Waals surface area (Å²) in [6.07, 6.45) is 1.15. The summed E-state index contributed by atoms with van der Waals surface area (Å²) in [5.74, 6) is 1.43. The molecule has 1 fully saturated rings. The first-order valence-corrected chi connectivity index (χ1v) is 7.37. The van der Waals surface area contributed by atoms with Crippen molar-refractivity contribution < 1.29 is 0 Å². The van der Waals surface area contributed by atoms with Gasteiger partial charge in [0, 0.05) is 13.1 Å². The molecule has 0 spiro atoms. The van der Waals surface area contributed by atoms with Crippen LogP contribution in [0.3, 0.4) is 0 Å². The van der Waals surface area contributed by atoms with Crippen LogP contribution in [0, 0.1) is 6.92 Å². The zero-order valence-electron chi connectivity index (χ0n) is 11.7. The van der Waals surface area contributed by atoms with Crippen molar-refractivity contribution in [3.05, 3.63) is 11.5 Å². The normalized spacial score (nSPS) is 20.7. The third kappa shape index (κ3) is 1.96. The summed E-state index contributed by atoms with van der Waals surface area (Å²) in [5.41, 5.74) is 3.14. The van der Waals surface area contributed by atoms with Crippen molar-refractivity contribution in [2.45, 2.75) is 38.7 Å². The van der Waals surface area contributed by atoms with Crippen molar-refractivity contribution in [1.82, 2.24) is 24.2 Å². The van der Waals surface area contributed by atoms with E-state index in [1.54, 1.807) is 0 Å². The van der Waals surface area contributed by atoms with Crippen molar-refractivity contribution in [3.63, 3.8) is 0 Å². The second kappa shape index (κ2) is 4.80. The number of aromatic nitrogens is 4. The maximum atomic E-state index is 6.10. The minimum atomic E-state index is 0.456. The third-order valence-corrected chi connectivity index (χ3v) is 4.21. The molecule has 0 saturated carbocycles. The van der Waals surface area contributed by atoms with E-state index in [0.29, 0.717) is 11.9 Å². The van der Waals surface area contributed by atoms with E-state index in [1.165, 1.54) is 0 Å². The molecule has 1 saturated heterocycles. The lowest BCUT2D eigenvalue weighted by Crippen LogP contribution is -2.19. The summed E-state index contributed by atoms with van der Waals surface area (Å²) < 4.78 is 4.36. The Labute approximate surface area is 118 Å². The predicted molar refractivity (Wildman–Crippen MR) is 76.6 cm³/mol. The molecule has 0 radical (unpaired) electrons. The Morgan fingerprint density at radius 1 is 1.42 bits per heavy atom. The highest BCUT2D eigenvalue weighted by atomic mass is 35.5. The molecule has 0 amide bonds. The Bertz CT molecular complexity index is 600. The zero-order chi connectivity index (χ0) is 13.6. The van der Waals surface area contributed by atoms with Gasteiger partial charge in [0.25, 0.3) is 0 Å². The fourth-order valence-electron chi connectivity index (χ4n) is 3.06. The highest BCUT2D eigenvalue weighted by molar-refractivity contribution is 6.16. The van der Waals surface area contributed by atoms with E-state index >= 15 is 0 Å². The van der Waals surface area contributed by atoms with Crippen LogP contribution in [-0.2, 0) is 12.4 Å². The second-order valence-corrected chi connectivity index (χ2v) is 5.58. The molecule has 6 heteroatoms. The maximum absolute atomic E-state index is 6.10. The molecule has 1 aliphatic heterocycles. The molecule has 1 unspecified atom stereocenters. The number of halogens is 1. The number of likely N-dealkylation sites (N-methyl/N-ethyl adjacent to an activating group) is 1. The number of alkyl halides is 1. The van der Waals surface area contributed by atoms with Crippen molar-refractivity contribution in [3.8, 4) is 0 Å². The highest BCUT2D eigenvalue weighted by Gasteiger charge is 2.27. The van der Waals surface area contributed by atoms with Gasteiger partial charge in [-0.15, -0.1) is 11.6 Å². The second-order valence-electron chi connectivity index (χ2n) is 5.31. The molecule has 0 aliphatic carbocycles. The average molecular weight is 282 g/mol. The summed E-state index contributed by atoms with van der Waals surface area (Å²) >= 11 is 6.10. The molecule has 5 nitrogen and oxygen atoms in total. The van der Waals surface area contributed by atoms with Crippen molar-refractivity contribution in [2.75, 3.05) is 20.1 Å². The van der Waals surface area contributed by atoms with Crippen LogP contribution in [0.2, 0.25) is 0 Å². The molecular formula is C13H20ClN5. The van der Waals surface area contributed by atoms with Crippen LogP contribution < -0.4 is 0 Å². The Morgan fingerprint density at radius 2 is 2.21 bits per heavy atom. The van der Waals surface area contributed by atoms with Crippen LogP contribution in [0.15, 0.2) is 0 Å². The van der Waals surface area contributed by atoms with Gasteiger partial charge < -0.3 is 9.47 Å². The van der Waals surface area contributed by atoms with Gasteiger partial charge in [-0.1, -0.05) is 0 Å². The quantitative estimate of drug-likeness (QED) is 0.810. The lowest BCUT2D eigenvalue weighted by atomic mass is 10.2. The van der Waals surface area contributed by atoms with E-state index < -0.39 is 0 Å². The molecule has 2 aromatic heterocycles. The van der Waals surface area contributed by atoms with Crippen LogP contribution in [0.4, 0.5) is 0 Å². The molecule has 19 heavy (non-hydrogen) atoms. The lowest BCUT2D eigenvalue weighted by Gasteiger charge is -2.16. The van der Waals surface area contributed by atoms with E-state index in [2.05, 4.69) is 28.5 Å². The van der Waals surface area contributed by atoms with Crippen LogP contribution in [0.1, 0.15) is 30.9 Å². The van der Waals surface area contributed by atoms with Gasteiger partial charge in [0.05, 0.1) is 17.6 Å². The van der Waals surface area contributed by atoms with E-state index in [1.807, 2.05) is 11.6 Å². The van der Waals surface area contributed by atoms with E-state index in [4.69, 9.17) is 16.6 Å². The zero-order valence-corrected chi connectivity index (χ0v) is 12.5. The topological polar surface area (TPSA) is 38.9 Å². The molecule has 3 rings (SSSR count). The Morgan fingerprint density at radius 3 is 2.79 bits per heavy atom. The van der Waals surface area contributed by atoms with Crippen LogP contribution in [0.5, 0.6) is 0 Å². The van der Waals surface area contributed by atoms with Gasteiger partial charge in [-0.2, -0.15) is 5.10 Å². The van der Waals surface area contributed by atoms with Crippen molar-refractivity contribution in [2.24, 2.45) is 0 Å². The number of rotatable bonds is 3. The molecule has 3 heterocycles. The molecule has 0 aromatic carbocycles. The van der Waals surface area contributed by atoms with Gasteiger partial charge in [-0.05, 0) is 33.9 Å². The van der Waals surface area contributed by atoms with Gasteiger partial charge in [0.2, 0.25) is 0 Å².